The molecule has 2 N–H and O–H groups in total. The van der Waals surface area contributed by atoms with Crippen molar-refractivity contribution >= 4 is 28.2 Å². The average Bonchev–Trinajstić information content (AvgIpc) is 2.75. The zero-order valence-electron chi connectivity index (χ0n) is 9.92. The highest BCUT2D eigenvalue weighted by molar-refractivity contribution is 6.34. The first-order valence-corrected chi connectivity index (χ1v) is 5.97. The smallest absolute Gasteiger partial charge is 0.142 e. The minimum absolute atomic E-state index is 0.483. The fourth-order valence-corrected chi connectivity index (χ4v) is 1.79. The Kier molecular flexibility index (Phi) is 3.76. The standard InChI is InChI=1S/C12H15ClN4/c1-3-14-5-4-8(2)10-6-9-11(13)15-7-16-12(9)17-10/h4,6-7,14H,3,5H2,1-2H3,(H,15,16,17)/b8-4+. The van der Waals surface area contributed by atoms with Gasteiger partial charge in [0.25, 0.3) is 0 Å². The van der Waals surface area contributed by atoms with Crippen molar-refractivity contribution in [3.63, 3.8) is 0 Å². The molecule has 90 valence electrons. The molecule has 5 heteroatoms. The second-order valence-electron chi connectivity index (χ2n) is 3.80. The second-order valence-corrected chi connectivity index (χ2v) is 4.16. The third kappa shape index (κ3) is 2.65. The van der Waals surface area contributed by atoms with Crippen molar-refractivity contribution in [2.24, 2.45) is 0 Å². The Morgan fingerprint density at radius 2 is 2.35 bits per heavy atom. The number of rotatable bonds is 4. The van der Waals surface area contributed by atoms with Crippen LogP contribution in [0.4, 0.5) is 0 Å². The van der Waals surface area contributed by atoms with Gasteiger partial charge in [-0.3, -0.25) is 0 Å². The van der Waals surface area contributed by atoms with Gasteiger partial charge in [-0.2, -0.15) is 0 Å². The molecule has 0 aromatic carbocycles. The van der Waals surface area contributed by atoms with E-state index in [1.807, 2.05) is 6.07 Å². The van der Waals surface area contributed by atoms with Crippen LogP contribution in [0.1, 0.15) is 19.5 Å². The van der Waals surface area contributed by atoms with E-state index < -0.39 is 0 Å². The summed E-state index contributed by atoms with van der Waals surface area (Å²) >= 11 is 6.00. The third-order valence-corrected chi connectivity index (χ3v) is 2.91. The van der Waals surface area contributed by atoms with Gasteiger partial charge in [0.05, 0.1) is 5.39 Å². The van der Waals surface area contributed by atoms with E-state index in [1.54, 1.807) is 0 Å². The molecule has 17 heavy (non-hydrogen) atoms. The number of hydrogen-bond donors (Lipinski definition) is 2. The van der Waals surface area contributed by atoms with Crippen LogP contribution < -0.4 is 5.32 Å². The fraction of sp³-hybridized carbons (Fsp3) is 0.333. The molecule has 0 amide bonds. The average molecular weight is 251 g/mol. The van der Waals surface area contributed by atoms with Gasteiger partial charge in [-0.1, -0.05) is 24.6 Å². The number of nitrogens with zero attached hydrogens (tertiary/aromatic N) is 2. The quantitative estimate of drug-likeness (QED) is 0.648. The summed E-state index contributed by atoms with van der Waals surface area (Å²) in [6.45, 7) is 5.97. The fourth-order valence-electron chi connectivity index (χ4n) is 1.60. The number of nitrogens with one attached hydrogen (secondary N) is 2. The number of allylic oxidation sites excluding steroid dienone is 1. The lowest BCUT2D eigenvalue weighted by Crippen LogP contribution is -2.11. The zero-order chi connectivity index (χ0) is 12.3. The predicted molar refractivity (Wildman–Crippen MR) is 71.1 cm³/mol. The minimum Gasteiger partial charge on any atom is -0.339 e. The van der Waals surface area contributed by atoms with Crippen molar-refractivity contribution in [1.29, 1.82) is 0 Å². The Labute approximate surface area is 105 Å². The summed E-state index contributed by atoms with van der Waals surface area (Å²) in [6.07, 6.45) is 3.60. The lowest BCUT2D eigenvalue weighted by Gasteiger charge is -1.98. The predicted octanol–water partition coefficient (Wildman–Crippen LogP) is 2.62. The lowest BCUT2D eigenvalue weighted by molar-refractivity contribution is 0.799. The molecule has 0 aliphatic carbocycles. The Hall–Kier alpha value is -1.39. The van der Waals surface area contributed by atoms with Crippen molar-refractivity contribution in [3.8, 4) is 0 Å². The molecular weight excluding hydrogens is 236 g/mol. The van der Waals surface area contributed by atoms with Crippen LogP contribution in [0.3, 0.4) is 0 Å². The minimum atomic E-state index is 0.483. The molecule has 2 heterocycles. The van der Waals surface area contributed by atoms with E-state index in [1.165, 1.54) is 11.9 Å². The van der Waals surface area contributed by atoms with E-state index in [2.05, 4.69) is 40.2 Å². The van der Waals surface area contributed by atoms with Crippen LogP contribution >= 0.6 is 11.6 Å². The molecule has 0 aliphatic heterocycles. The van der Waals surface area contributed by atoms with Crippen LogP contribution in [-0.4, -0.2) is 28.0 Å². The molecule has 2 aromatic rings. The maximum atomic E-state index is 6.00. The Morgan fingerprint density at radius 1 is 1.53 bits per heavy atom. The number of H-pyrrole nitrogens is 1. The normalized spacial score (nSPS) is 12.3. The maximum Gasteiger partial charge on any atom is 0.142 e. The molecule has 0 atom stereocenters. The van der Waals surface area contributed by atoms with E-state index in [-0.39, 0.29) is 0 Å². The van der Waals surface area contributed by atoms with Crippen molar-refractivity contribution < 1.29 is 0 Å². The molecule has 0 fully saturated rings. The van der Waals surface area contributed by atoms with Crippen molar-refractivity contribution in [2.75, 3.05) is 13.1 Å². The van der Waals surface area contributed by atoms with E-state index in [4.69, 9.17) is 11.6 Å². The molecule has 2 aromatic heterocycles. The van der Waals surface area contributed by atoms with Gasteiger partial charge in [-0.15, -0.1) is 0 Å². The molecular formula is C12H15ClN4. The van der Waals surface area contributed by atoms with E-state index in [0.29, 0.717) is 5.15 Å². The van der Waals surface area contributed by atoms with Crippen LogP contribution in [0.2, 0.25) is 5.15 Å². The Bertz CT molecular complexity index is 544. The van der Waals surface area contributed by atoms with Crippen molar-refractivity contribution in [2.45, 2.75) is 13.8 Å². The number of fused-ring (bicyclic) bond motifs is 1. The van der Waals surface area contributed by atoms with Gasteiger partial charge in [-0.25, -0.2) is 9.97 Å². The van der Waals surface area contributed by atoms with Crippen molar-refractivity contribution in [3.05, 3.63) is 29.3 Å². The molecule has 4 nitrogen and oxygen atoms in total. The van der Waals surface area contributed by atoms with Gasteiger partial charge < -0.3 is 10.3 Å². The first-order valence-electron chi connectivity index (χ1n) is 5.59. The van der Waals surface area contributed by atoms with E-state index in [9.17, 15) is 0 Å². The van der Waals surface area contributed by atoms with Gasteiger partial charge in [0.15, 0.2) is 0 Å². The molecule has 0 saturated carbocycles. The highest BCUT2D eigenvalue weighted by Crippen LogP contribution is 2.23. The topological polar surface area (TPSA) is 53.6 Å². The first kappa shape index (κ1) is 12.1. The highest BCUT2D eigenvalue weighted by atomic mass is 35.5. The Morgan fingerprint density at radius 3 is 3.06 bits per heavy atom. The summed E-state index contributed by atoms with van der Waals surface area (Å²) in [7, 11) is 0. The summed E-state index contributed by atoms with van der Waals surface area (Å²) in [4.78, 5) is 11.3. The SMILES string of the molecule is CCNC/C=C(\C)c1cc2c(Cl)ncnc2[nH]1. The summed E-state index contributed by atoms with van der Waals surface area (Å²) in [5, 5.41) is 4.59. The zero-order valence-corrected chi connectivity index (χ0v) is 10.7. The van der Waals surface area contributed by atoms with E-state index in [0.717, 1.165) is 29.8 Å². The molecule has 0 bridgehead atoms. The van der Waals surface area contributed by atoms with Crippen LogP contribution in [0.5, 0.6) is 0 Å². The molecule has 0 unspecified atom stereocenters. The third-order valence-electron chi connectivity index (χ3n) is 2.60. The molecule has 0 spiro atoms. The van der Waals surface area contributed by atoms with Crippen LogP contribution in [-0.2, 0) is 0 Å². The summed E-state index contributed by atoms with van der Waals surface area (Å²) in [5.74, 6) is 0. The maximum absolute atomic E-state index is 6.00. The largest absolute Gasteiger partial charge is 0.339 e. The summed E-state index contributed by atoms with van der Waals surface area (Å²) in [5.41, 5.74) is 2.97. The lowest BCUT2D eigenvalue weighted by atomic mass is 10.2. The number of aromatic nitrogens is 3. The number of hydrogen-bond acceptors (Lipinski definition) is 3. The Balaban J connectivity index is 2.30. The van der Waals surface area contributed by atoms with E-state index >= 15 is 0 Å². The van der Waals surface area contributed by atoms with Gasteiger partial charge in [0, 0.05) is 12.2 Å². The highest BCUT2D eigenvalue weighted by Gasteiger charge is 2.06. The van der Waals surface area contributed by atoms with Crippen LogP contribution in [0, 0.1) is 0 Å². The summed E-state index contributed by atoms with van der Waals surface area (Å²) < 4.78 is 0. The monoisotopic (exact) mass is 250 g/mol. The number of likely N-dealkylation sites (N-methyl/N-ethyl adjacent to an activating group) is 1. The summed E-state index contributed by atoms with van der Waals surface area (Å²) in [6, 6.07) is 1.98. The first-order chi connectivity index (χ1) is 8.22. The van der Waals surface area contributed by atoms with Crippen LogP contribution in [0.25, 0.3) is 16.6 Å². The van der Waals surface area contributed by atoms with Gasteiger partial charge in [0.1, 0.15) is 17.1 Å². The van der Waals surface area contributed by atoms with Crippen LogP contribution in [0.15, 0.2) is 18.5 Å². The van der Waals surface area contributed by atoms with Gasteiger partial charge in [0.2, 0.25) is 0 Å². The van der Waals surface area contributed by atoms with Crippen molar-refractivity contribution in [1.82, 2.24) is 20.3 Å². The van der Waals surface area contributed by atoms with Gasteiger partial charge in [-0.05, 0) is 25.1 Å². The molecule has 0 saturated heterocycles. The van der Waals surface area contributed by atoms with Gasteiger partial charge >= 0.3 is 0 Å². The second kappa shape index (κ2) is 5.29. The molecule has 0 aliphatic rings. The molecule has 2 rings (SSSR count). The molecule has 0 radical (unpaired) electrons. The number of aromatic amines is 1. The number of halogens is 1.